The molecule has 5 N–H and O–H groups in total. The van der Waals surface area contributed by atoms with Crippen LogP contribution in [0.1, 0.15) is 107 Å². The highest BCUT2D eigenvalue weighted by Crippen LogP contribution is 2.47. The van der Waals surface area contributed by atoms with Gasteiger partial charge in [-0.2, -0.15) is 0 Å². The number of esters is 1. The molecule has 3 aromatic rings. The number of nitrogens with one attached hydrogen (secondary N) is 2. The highest BCUT2D eigenvalue weighted by Gasteiger charge is 2.53. The van der Waals surface area contributed by atoms with E-state index in [0.29, 0.717) is 34.1 Å². The van der Waals surface area contributed by atoms with E-state index >= 15 is 0 Å². The average Bonchev–Trinajstić information content (AvgIpc) is 3.70. The number of nitrogens with zero attached hydrogens (tertiary/aromatic N) is 2. The van der Waals surface area contributed by atoms with E-state index in [1.807, 2.05) is 19.9 Å². The van der Waals surface area contributed by atoms with E-state index < -0.39 is 11.2 Å². The van der Waals surface area contributed by atoms with Crippen LogP contribution in [0.5, 0.6) is 0 Å². The summed E-state index contributed by atoms with van der Waals surface area (Å²) in [4.78, 5) is 42.3. The van der Waals surface area contributed by atoms with Gasteiger partial charge in [0.2, 0.25) is 0 Å². The van der Waals surface area contributed by atoms with Gasteiger partial charge in [-0.25, -0.2) is 0 Å². The lowest BCUT2D eigenvalue weighted by Crippen LogP contribution is -2.43. The van der Waals surface area contributed by atoms with Gasteiger partial charge in [-0.05, 0) is 62.9 Å². The van der Waals surface area contributed by atoms with Gasteiger partial charge in [-0.3, -0.25) is 19.6 Å². The number of Topliss-reactive ketones (excluding diaryl/α,β-unsaturated/α-hetero) is 1. The summed E-state index contributed by atoms with van der Waals surface area (Å²) in [6.45, 7) is 8.92. The first-order chi connectivity index (χ1) is 20.4. The summed E-state index contributed by atoms with van der Waals surface area (Å²) in [5.41, 5.74) is 4.88. The quantitative estimate of drug-likeness (QED) is 0.273. The van der Waals surface area contributed by atoms with Gasteiger partial charge in [0, 0.05) is 63.6 Å². The Bertz CT molecular complexity index is 1850. The largest absolute Gasteiger partial charge is 0.469 e. The zero-order valence-corrected chi connectivity index (χ0v) is 25.4. The molecule has 6 rings (SSSR count). The Morgan fingerprint density at radius 3 is 2.44 bits per heavy atom. The molecule has 10 heteroatoms. The number of ketones is 1. The fourth-order valence-electron chi connectivity index (χ4n) is 7.09. The Labute approximate surface area is 249 Å². The van der Waals surface area contributed by atoms with Gasteiger partial charge >= 0.3 is 5.97 Å². The number of aliphatic hydroxyl groups excluding tert-OH is 1. The lowest BCUT2D eigenvalue weighted by Gasteiger charge is -2.34. The first-order valence-electron chi connectivity index (χ1n) is 14.8. The van der Waals surface area contributed by atoms with Crippen molar-refractivity contribution in [2.24, 2.45) is 0 Å². The van der Waals surface area contributed by atoms with Gasteiger partial charge in [0.25, 0.3) is 0 Å². The maximum atomic E-state index is 13.4. The van der Waals surface area contributed by atoms with E-state index in [9.17, 15) is 24.9 Å². The molecule has 0 unspecified atom stereocenters. The number of aryl methyl sites for hydroxylation is 2. The van der Waals surface area contributed by atoms with E-state index in [1.54, 1.807) is 26.0 Å². The minimum absolute atomic E-state index is 0.0249. The summed E-state index contributed by atoms with van der Waals surface area (Å²) >= 11 is 0. The van der Waals surface area contributed by atoms with Crippen molar-refractivity contribution in [3.63, 3.8) is 0 Å². The van der Waals surface area contributed by atoms with Gasteiger partial charge in [-0.15, -0.1) is 0 Å². The van der Waals surface area contributed by atoms with E-state index in [1.165, 1.54) is 7.11 Å². The van der Waals surface area contributed by atoms with Crippen LogP contribution in [0, 0.1) is 13.8 Å². The average molecular weight is 587 g/mol. The van der Waals surface area contributed by atoms with Crippen LogP contribution < -0.4 is 0 Å². The number of aliphatic hydroxyl groups is 3. The first kappa shape index (κ1) is 29.2. The molecule has 0 fully saturated rings. The summed E-state index contributed by atoms with van der Waals surface area (Å²) in [5, 5.41) is 33.9. The van der Waals surface area contributed by atoms with Gasteiger partial charge in [0.1, 0.15) is 11.2 Å². The standard InChI is InChI=1S/C33H38N4O6/c1-7-33(42)27-12-23-17(4)29-25(39)10-19(31(29)36-23)30-18(8-9-28(40)43-6)15(2)22(35-30)11-21-16(3)20(14-38)24(34-21)13-26(37-27)32(33,5)41/h11-13,15,18,34,36,38,41-42H,7-10,14H2,1-6H3/t15-,18-,32+,33-/m0/s1. The summed E-state index contributed by atoms with van der Waals surface area (Å²) in [6, 6.07) is 5.34. The maximum absolute atomic E-state index is 13.4. The predicted molar refractivity (Wildman–Crippen MR) is 161 cm³/mol. The number of methoxy groups -OCH3 is 1. The number of ether oxygens (including phenoxy) is 1. The smallest absolute Gasteiger partial charge is 0.305 e. The van der Waals surface area contributed by atoms with Crippen molar-refractivity contribution in [3.8, 4) is 0 Å². The zero-order valence-electron chi connectivity index (χ0n) is 25.4. The molecule has 10 nitrogen and oxygen atoms in total. The summed E-state index contributed by atoms with van der Waals surface area (Å²) in [7, 11) is 1.37. The molecule has 0 spiro atoms. The highest BCUT2D eigenvalue weighted by molar-refractivity contribution is 6.13. The molecule has 0 saturated carbocycles. The zero-order chi connectivity index (χ0) is 31.0. The number of carbonyl (C=O) groups is 2. The second-order valence-electron chi connectivity index (χ2n) is 12.2. The van der Waals surface area contributed by atoms with Crippen LogP contribution in [0.2, 0.25) is 0 Å². The second-order valence-corrected chi connectivity index (χ2v) is 12.2. The number of rotatable bonds is 5. The third kappa shape index (κ3) is 4.18. The normalized spacial score (nSPS) is 24.5. The maximum Gasteiger partial charge on any atom is 0.305 e. The van der Waals surface area contributed by atoms with Crippen LogP contribution in [0.15, 0.2) is 18.2 Å². The van der Waals surface area contributed by atoms with Crippen LogP contribution in [0.4, 0.5) is 0 Å². The topological polar surface area (TPSA) is 161 Å². The molecule has 1 aliphatic carbocycles. The van der Waals surface area contributed by atoms with Crippen molar-refractivity contribution < 1.29 is 29.6 Å². The number of carbonyl (C=O) groups excluding carboxylic acids is 2. The minimum atomic E-state index is -1.73. The van der Waals surface area contributed by atoms with Gasteiger partial charge in [0.05, 0.1) is 36.3 Å². The Balaban J connectivity index is 1.76. The van der Waals surface area contributed by atoms with Crippen LogP contribution in [-0.2, 0) is 33.8 Å². The number of hydrogen-bond acceptors (Lipinski definition) is 8. The Morgan fingerprint density at radius 2 is 1.77 bits per heavy atom. The lowest BCUT2D eigenvalue weighted by molar-refractivity contribution is -0.148. The summed E-state index contributed by atoms with van der Waals surface area (Å²) in [5.74, 6) is -0.513. The number of hydrogen-bond donors (Lipinski definition) is 5. The number of aromatic nitrogens is 4. The number of H-pyrrole nitrogens is 2. The number of aromatic amines is 2. The first-order valence-corrected chi connectivity index (χ1v) is 14.8. The van der Waals surface area contributed by atoms with Gasteiger partial charge < -0.3 is 30.0 Å². The molecule has 0 radical (unpaired) electrons. The van der Waals surface area contributed by atoms with Crippen LogP contribution in [0.3, 0.4) is 0 Å². The molecule has 3 aliphatic rings. The summed E-state index contributed by atoms with van der Waals surface area (Å²) in [6.07, 6.45) is 1.11. The van der Waals surface area contributed by atoms with Crippen LogP contribution in [-0.4, -0.2) is 54.1 Å². The lowest BCUT2D eigenvalue weighted by atomic mass is 9.80. The molecular formula is C33H38N4O6. The third-order valence-corrected chi connectivity index (χ3v) is 10.0. The van der Waals surface area contributed by atoms with E-state index in [2.05, 4.69) is 16.9 Å². The van der Waals surface area contributed by atoms with Crippen molar-refractivity contribution in [1.29, 1.82) is 0 Å². The SMILES string of the molecule is CC[C@]1(O)c2cc3[nH]c4c(c5nc(cc6[nH]c(cc(n2)[C@@]1(C)O)c(CO)c6C)[C@@H](C)[C@@H]5CCC(=O)OC)CC(=O)c4c3C. The van der Waals surface area contributed by atoms with Gasteiger partial charge in [-0.1, -0.05) is 13.8 Å². The fraction of sp³-hybridized carbons (Fsp3) is 0.455. The number of fused-ring (bicyclic) bond motifs is 8. The molecule has 0 saturated heterocycles. The van der Waals surface area contributed by atoms with Crippen molar-refractivity contribution in [3.05, 3.63) is 68.8 Å². The molecule has 4 atom stereocenters. The monoisotopic (exact) mass is 586 g/mol. The van der Waals surface area contributed by atoms with Crippen molar-refractivity contribution in [2.45, 2.75) is 89.9 Å². The molecular weight excluding hydrogens is 548 g/mol. The molecule has 3 aromatic heterocycles. The Kier molecular flexibility index (Phi) is 6.87. The van der Waals surface area contributed by atoms with Gasteiger partial charge in [0.15, 0.2) is 5.78 Å². The van der Waals surface area contributed by atoms with Crippen molar-refractivity contribution in [2.75, 3.05) is 7.11 Å². The molecule has 0 aromatic carbocycles. The van der Waals surface area contributed by atoms with Crippen LogP contribution in [0.25, 0.3) is 22.1 Å². The molecule has 8 bridgehead atoms. The molecule has 5 heterocycles. The molecule has 43 heavy (non-hydrogen) atoms. The summed E-state index contributed by atoms with van der Waals surface area (Å²) < 4.78 is 4.93. The Morgan fingerprint density at radius 1 is 1.07 bits per heavy atom. The van der Waals surface area contributed by atoms with Crippen molar-refractivity contribution in [1.82, 2.24) is 19.9 Å². The van der Waals surface area contributed by atoms with Crippen LogP contribution >= 0.6 is 0 Å². The fourth-order valence-corrected chi connectivity index (χ4v) is 7.09. The third-order valence-electron chi connectivity index (χ3n) is 10.0. The highest BCUT2D eigenvalue weighted by atomic mass is 16.5. The second kappa shape index (κ2) is 10.1. The van der Waals surface area contributed by atoms with E-state index in [4.69, 9.17) is 14.7 Å². The van der Waals surface area contributed by atoms with Crippen molar-refractivity contribution >= 4 is 33.8 Å². The minimum Gasteiger partial charge on any atom is -0.469 e. The van der Waals surface area contributed by atoms with E-state index in [-0.39, 0.29) is 60.8 Å². The van der Waals surface area contributed by atoms with E-state index in [0.717, 1.165) is 33.6 Å². The molecule has 226 valence electrons. The molecule has 0 amide bonds. The predicted octanol–water partition coefficient (Wildman–Crippen LogP) is 4.51. The molecule has 2 aliphatic heterocycles. The Hall–Kier alpha value is -3.86.